The molecule has 0 unspecified atom stereocenters. The van der Waals surface area contributed by atoms with Crippen LogP contribution in [-0.2, 0) is 4.84 Å². The Morgan fingerprint density at radius 3 is 2.44 bits per heavy atom. The van der Waals surface area contributed by atoms with Gasteiger partial charge in [0.1, 0.15) is 0 Å². The van der Waals surface area contributed by atoms with Gasteiger partial charge in [-0.05, 0) is 6.92 Å². The molecule has 0 bridgehead atoms. The molecule has 54 valence electrons. The Morgan fingerprint density at radius 1 is 1.78 bits per heavy atom. The van der Waals surface area contributed by atoms with Gasteiger partial charge in [0.2, 0.25) is 0 Å². The molecule has 9 heavy (non-hydrogen) atoms. The SMILES string of the molecule is CCN(OC)C(=O)NC. The largest absolute Gasteiger partial charge is 0.341 e. The molecule has 0 aliphatic carbocycles. The normalized spacial score (nSPS) is 8.78. The van der Waals surface area contributed by atoms with Gasteiger partial charge in [0.05, 0.1) is 7.11 Å². The Kier molecular flexibility index (Phi) is 3.79. The second-order valence-corrected chi connectivity index (χ2v) is 1.43. The van der Waals surface area contributed by atoms with E-state index in [0.717, 1.165) is 0 Å². The number of carbonyl (C=O) groups is 1. The zero-order chi connectivity index (χ0) is 7.28. The zero-order valence-corrected chi connectivity index (χ0v) is 5.97. The summed E-state index contributed by atoms with van der Waals surface area (Å²) in [6.45, 7) is 2.38. The van der Waals surface area contributed by atoms with Crippen LogP contribution in [0.3, 0.4) is 0 Å². The number of hydrogen-bond donors (Lipinski definition) is 1. The number of carbonyl (C=O) groups excluding carboxylic acids is 1. The summed E-state index contributed by atoms with van der Waals surface area (Å²) in [6.07, 6.45) is 0. The highest BCUT2D eigenvalue weighted by Crippen LogP contribution is 1.85. The van der Waals surface area contributed by atoms with E-state index in [1.165, 1.54) is 12.2 Å². The minimum absolute atomic E-state index is 0.222. The molecule has 0 fully saturated rings. The van der Waals surface area contributed by atoms with Crippen molar-refractivity contribution in [3.05, 3.63) is 0 Å². The van der Waals surface area contributed by atoms with Crippen LogP contribution in [0.4, 0.5) is 4.79 Å². The van der Waals surface area contributed by atoms with Gasteiger partial charge in [-0.1, -0.05) is 0 Å². The Bertz CT molecular complexity index is 91.0. The van der Waals surface area contributed by atoms with Crippen LogP contribution in [0.15, 0.2) is 0 Å². The summed E-state index contributed by atoms with van der Waals surface area (Å²) in [5.41, 5.74) is 0. The predicted octanol–water partition coefficient (Wildman–Crippen LogP) is 0.209. The maximum Gasteiger partial charge on any atom is 0.341 e. The monoisotopic (exact) mass is 132 g/mol. The summed E-state index contributed by atoms with van der Waals surface area (Å²) in [5.74, 6) is 0. The maximum absolute atomic E-state index is 10.7. The summed E-state index contributed by atoms with van der Waals surface area (Å²) in [6, 6.07) is -0.222. The zero-order valence-electron chi connectivity index (χ0n) is 5.97. The van der Waals surface area contributed by atoms with Gasteiger partial charge in [-0.15, -0.1) is 0 Å². The number of hydrogen-bond acceptors (Lipinski definition) is 2. The van der Waals surface area contributed by atoms with Crippen molar-refractivity contribution in [3.8, 4) is 0 Å². The van der Waals surface area contributed by atoms with E-state index in [9.17, 15) is 4.79 Å². The van der Waals surface area contributed by atoms with Crippen LogP contribution in [0.25, 0.3) is 0 Å². The molecule has 0 aromatic carbocycles. The molecule has 0 saturated heterocycles. The van der Waals surface area contributed by atoms with Crippen molar-refractivity contribution >= 4 is 6.03 Å². The fourth-order valence-corrected chi connectivity index (χ4v) is 0.480. The van der Waals surface area contributed by atoms with E-state index >= 15 is 0 Å². The lowest BCUT2D eigenvalue weighted by molar-refractivity contribution is -0.0817. The third kappa shape index (κ3) is 2.32. The van der Waals surface area contributed by atoms with E-state index in [2.05, 4.69) is 10.2 Å². The first-order valence-electron chi connectivity index (χ1n) is 2.79. The van der Waals surface area contributed by atoms with Crippen molar-refractivity contribution in [2.45, 2.75) is 6.92 Å². The number of amides is 2. The van der Waals surface area contributed by atoms with Gasteiger partial charge in [-0.3, -0.25) is 4.84 Å². The van der Waals surface area contributed by atoms with E-state index in [1.54, 1.807) is 7.05 Å². The molecule has 0 saturated carbocycles. The van der Waals surface area contributed by atoms with E-state index in [1.807, 2.05) is 6.92 Å². The van der Waals surface area contributed by atoms with Gasteiger partial charge in [0.25, 0.3) is 0 Å². The van der Waals surface area contributed by atoms with E-state index < -0.39 is 0 Å². The van der Waals surface area contributed by atoms with Crippen molar-refractivity contribution in [1.29, 1.82) is 0 Å². The number of hydroxylamine groups is 2. The highest BCUT2D eigenvalue weighted by Gasteiger charge is 2.05. The fraction of sp³-hybridized carbons (Fsp3) is 0.800. The Labute approximate surface area is 54.7 Å². The van der Waals surface area contributed by atoms with Crippen molar-refractivity contribution < 1.29 is 9.63 Å². The minimum atomic E-state index is -0.222. The first-order chi connectivity index (χ1) is 4.26. The highest BCUT2D eigenvalue weighted by molar-refractivity contribution is 5.72. The van der Waals surface area contributed by atoms with Crippen molar-refractivity contribution in [2.75, 3.05) is 20.7 Å². The van der Waals surface area contributed by atoms with E-state index in [0.29, 0.717) is 6.54 Å². The molecule has 0 rings (SSSR count). The van der Waals surface area contributed by atoms with Crippen LogP contribution < -0.4 is 5.32 Å². The van der Waals surface area contributed by atoms with Crippen molar-refractivity contribution in [1.82, 2.24) is 10.4 Å². The fourth-order valence-electron chi connectivity index (χ4n) is 0.480. The van der Waals surface area contributed by atoms with Crippen molar-refractivity contribution in [2.24, 2.45) is 0 Å². The van der Waals surface area contributed by atoms with Gasteiger partial charge < -0.3 is 5.32 Å². The predicted molar refractivity (Wildman–Crippen MR) is 33.8 cm³/mol. The number of urea groups is 1. The van der Waals surface area contributed by atoms with Crippen LogP contribution in [0.5, 0.6) is 0 Å². The Balaban J connectivity index is 3.64. The second kappa shape index (κ2) is 4.14. The third-order valence-electron chi connectivity index (χ3n) is 0.948. The summed E-state index contributed by atoms with van der Waals surface area (Å²) in [4.78, 5) is 15.3. The molecular weight excluding hydrogens is 120 g/mol. The molecule has 4 nitrogen and oxygen atoms in total. The minimum Gasteiger partial charge on any atom is -0.339 e. The van der Waals surface area contributed by atoms with Gasteiger partial charge >= 0.3 is 6.03 Å². The summed E-state index contributed by atoms with van der Waals surface area (Å²) < 4.78 is 0. The molecule has 0 aliphatic heterocycles. The molecule has 1 N–H and O–H groups in total. The third-order valence-corrected chi connectivity index (χ3v) is 0.948. The second-order valence-electron chi connectivity index (χ2n) is 1.43. The van der Waals surface area contributed by atoms with Crippen LogP contribution in [0, 0.1) is 0 Å². The van der Waals surface area contributed by atoms with Crippen LogP contribution in [-0.4, -0.2) is 31.8 Å². The topological polar surface area (TPSA) is 41.6 Å². The standard InChI is InChI=1S/C5H12N2O2/c1-4-7(9-3)5(8)6-2/h4H2,1-3H3,(H,6,8). The van der Waals surface area contributed by atoms with Gasteiger partial charge in [0.15, 0.2) is 0 Å². The number of nitrogens with one attached hydrogen (secondary N) is 1. The first-order valence-corrected chi connectivity index (χ1v) is 2.79. The Hall–Kier alpha value is -0.770. The molecule has 0 aliphatic rings. The molecule has 0 radical (unpaired) electrons. The molecule has 0 spiro atoms. The Morgan fingerprint density at radius 2 is 2.33 bits per heavy atom. The lowest BCUT2D eigenvalue weighted by atomic mass is 10.7. The van der Waals surface area contributed by atoms with E-state index in [4.69, 9.17) is 0 Å². The smallest absolute Gasteiger partial charge is 0.339 e. The van der Waals surface area contributed by atoms with Gasteiger partial charge in [0, 0.05) is 13.6 Å². The molecule has 0 aromatic rings. The highest BCUT2D eigenvalue weighted by atomic mass is 16.7. The molecular formula is C5H12N2O2. The van der Waals surface area contributed by atoms with E-state index in [-0.39, 0.29) is 6.03 Å². The van der Waals surface area contributed by atoms with Crippen LogP contribution >= 0.6 is 0 Å². The molecule has 2 amide bonds. The quantitative estimate of drug-likeness (QED) is 0.546. The maximum atomic E-state index is 10.7. The van der Waals surface area contributed by atoms with Crippen LogP contribution in [0.2, 0.25) is 0 Å². The summed E-state index contributed by atoms with van der Waals surface area (Å²) >= 11 is 0. The molecule has 0 aromatic heterocycles. The molecule has 0 heterocycles. The lowest BCUT2D eigenvalue weighted by Crippen LogP contribution is -2.36. The average Bonchev–Trinajstić information content (AvgIpc) is 1.90. The summed E-state index contributed by atoms with van der Waals surface area (Å²) in [5, 5.41) is 3.65. The van der Waals surface area contributed by atoms with Gasteiger partial charge in [-0.25, -0.2) is 9.86 Å². The van der Waals surface area contributed by atoms with Crippen molar-refractivity contribution in [3.63, 3.8) is 0 Å². The first kappa shape index (κ1) is 8.23. The molecule has 0 atom stereocenters. The number of nitrogens with zero attached hydrogens (tertiary/aromatic N) is 1. The van der Waals surface area contributed by atoms with Gasteiger partial charge in [-0.2, -0.15) is 0 Å². The number of rotatable bonds is 2. The molecule has 4 heteroatoms. The lowest BCUT2D eigenvalue weighted by Gasteiger charge is -2.15. The van der Waals surface area contributed by atoms with Crippen LogP contribution in [0.1, 0.15) is 6.92 Å². The summed E-state index contributed by atoms with van der Waals surface area (Å²) in [7, 11) is 3.02. The average molecular weight is 132 g/mol.